The van der Waals surface area contributed by atoms with Crippen LogP contribution < -0.4 is 15.0 Å². The maximum absolute atomic E-state index is 13.0. The summed E-state index contributed by atoms with van der Waals surface area (Å²) in [7, 11) is 0. The normalized spacial score (nSPS) is 16.8. The second kappa shape index (κ2) is 8.78. The molecule has 1 N–H and O–H groups in total. The lowest BCUT2D eigenvalue weighted by Gasteiger charge is -2.31. The van der Waals surface area contributed by atoms with Crippen molar-refractivity contribution in [1.29, 1.82) is 0 Å². The fourth-order valence-corrected chi connectivity index (χ4v) is 4.61. The number of thiazole rings is 1. The van der Waals surface area contributed by atoms with Crippen molar-refractivity contribution in [3.05, 3.63) is 53.8 Å². The highest BCUT2D eigenvalue weighted by atomic mass is 32.1. The number of halogens is 1. The number of piperidine rings is 1. The van der Waals surface area contributed by atoms with E-state index in [9.17, 15) is 9.18 Å². The molecular weight excluding hydrogens is 389 g/mol. The number of nitrogens with one attached hydrogen (secondary N) is 1. The molecule has 0 aliphatic carbocycles. The van der Waals surface area contributed by atoms with E-state index in [4.69, 9.17) is 9.72 Å². The van der Waals surface area contributed by atoms with Crippen LogP contribution in [0.15, 0.2) is 42.5 Å². The summed E-state index contributed by atoms with van der Waals surface area (Å²) in [4.78, 5) is 19.6. The van der Waals surface area contributed by atoms with Crippen LogP contribution in [0.3, 0.4) is 0 Å². The molecule has 1 aromatic heterocycles. The molecule has 0 bridgehead atoms. The minimum Gasteiger partial charge on any atom is -0.494 e. The van der Waals surface area contributed by atoms with Crippen molar-refractivity contribution in [2.45, 2.75) is 26.3 Å². The molecule has 1 atom stereocenters. The van der Waals surface area contributed by atoms with Gasteiger partial charge in [-0.25, -0.2) is 9.37 Å². The maximum Gasteiger partial charge on any atom is 0.225 e. The molecule has 7 heteroatoms. The SMILES string of the molecule is CCOc1ccc2nc(N3CCC[C@H](C(=O)NCc4ccc(F)cc4)C3)sc2c1. The summed E-state index contributed by atoms with van der Waals surface area (Å²) < 4.78 is 19.7. The van der Waals surface area contributed by atoms with E-state index in [1.54, 1.807) is 23.5 Å². The molecule has 0 saturated carbocycles. The predicted molar refractivity (Wildman–Crippen MR) is 114 cm³/mol. The number of hydrogen-bond acceptors (Lipinski definition) is 5. The van der Waals surface area contributed by atoms with Gasteiger partial charge in [-0.05, 0) is 55.7 Å². The van der Waals surface area contributed by atoms with Gasteiger partial charge < -0.3 is 15.0 Å². The molecule has 1 amide bonds. The zero-order valence-corrected chi connectivity index (χ0v) is 17.2. The third-order valence-electron chi connectivity index (χ3n) is 5.10. The first-order chi connectivity index (χ1) is 14.1. The highest BCUT2D eigenvalue weighted by Gasteiger charge is 2.27. The monoisotopic (exact) mass is 413 g/mol. The molecular formula is C22H24FN3O2S. The molecule has 5 nitrogen and oxygen atoms in total. The Labute approximate surface area is 173 Å². The third-order valence-corrected chi connectivity index (χ3v) is 6.18. The van der Waals surface area contributed by atoms with Crippen molar-refractivity contribution in [2.75, 3.05) is 24.6 Å². The van der Waals surface area contributed by atoms with Gasteiger partial charge in [0, 0.05) is 19.6 Å². The average Bonchev–Trinajstić information content (AvgIpc) is 3.17. The molecule has 1 aliphatic rings. The van der Waals surface area contributed by atoms with Crippen LogP contribution in [0.1, 0.15) is 25.3 Å². The van der Waals surface area contributed by atoms with Crippen molar-refractivity contribution in [1.82, 2.24) is 10.3 Å². The zero-order valence-electron chi connectivity index (χ0n) is 16.4. The van der Waals surface area contributed by atoms with Gasteiger partial charge in [-0.1, -0.05) is 23.5 Å². The minimum absolute atomic E-state index is 0.0405. The lowest BCUT2D eigenvalue weighted by molar-refractivity contribution is -0.125. The lowest BCUT2D eigenvalue weighted by atomic mass is 9.97. The van der Waals surface area contributed by atoms with Gasteiger partial charge in [0.25, 0.3) is 0 Å². The molecule has 29 heavy (non-hydrogen) atoms. The van der Waals surface area contributed by atoms with Gasteiger partial charge in [0.05, 0.1) is 22.7 Å². The van der Waals surface area contributed by atoms with Crippen LogP contribution in [0.4, 0.5) is 9.52 Å². The fraction of sp³-hybridized carbons (Fsp3) is 0.364. The van der Waals surface area contributed by atoms with E-state index in [0.717, 1.165) is 46.0 Å². The molecule has 4 rings (SSSR count). The number of rotatable bonds is 6. The summed E-state index contributed by atoms with van der Waals surface area (Å²) in [6.45, 7) is 4.58. The number of carbonyl (C=O) groups is 1. The second-order valence-corrected chi connectivity index (χ2v) is 8.20. The molecule has 2 heterocycles. The zero-order chi connectivity index (χ0) is 20.2. The van der Waals surface area contributed by atoms with Crippen LogP contribution in [0, 0.1) is 11.7 Å². The number of nitrogens with zero attached hydrogens (tertiary/aromatic N) is 2. The molecule has 0 spiro atoms. The van der Waals surface area contributed by atoms with Gasteiger partial charge in [-0.2, -0.15) is 0 Å². The molecule has 1 fully saturated rings. The Hall–Kier alpha value is -2.67. The minimum atomic E-state index is -0.271. The van der Waals surface area contributed by atoms with Gasteiger partial charge in [0.1, 0.15) is 11.6 Å². The first-order valence-electron chi connectivity index (χ1n) is 9.93. The second-order valence-electron chi connectivity index (χ2n) is 7.19. The smallest absolute Gasteiger partial charge is 0.225 e. The number of amides is 1. The van der Waals surface area contributed by atoms with Crippen molar-refractivity contribution >= 4 is 32.6 Å². The Morgan fingerprint density at radius 1 is 1.31 bits per heavy atom. The molecule has 0 radical (unpaired) electrons. The number of hydrogen-bond donors (Lipinski definition) is 1. The summed E-state index contributed by atoms with van der Waals surface area (Å²) in [6, 6.07) is 12.2. The van der Waals surface area contributed by atoms with Crippen molar-refractivity contribution in [3.63, 3.8) is 0 Å². The summed E-state index contributed by atoms with van der Waals surface area (Å²) in [5.74, 6) is 0.549. The average molecular weight is 414 g/mol. The predicted octanol–water partition coefficient (Wildman–Crippen LogP) is 4.37. The summed E-state index contributed by atoms with van der Waals surface area (Å²) >= 11 is 1.64. The van der Waals surface area contributed by atoms with E-state index in [0.29, 0.717) is 19.7 Å². The number of anilines is 1. The van der Waals surface area contributed by atoms with Crippen LogP contribution in [-0.4, -0.2) is 30.6 Å². The topological polar surface area (TPSA) is 54.5 Å². The van der Waals surface area contributed by atoms with Crippen molar-refractivity contribution in [2.24, 2.45) is 5.92 Å². The first kappa shape index (κ1) is 19.6. The van der Waals surface area contributed by atoms with Gasteiger partial charge in [-0.3, -0.25) is 4.79 Å². The van der Waals surface area contributed by atoms with E-state index in [-0.39, 0.29) is 17.6 Å². The number of fused-ring (bicyclic) bond motifs is 1. The molecule has 152 valence electrons. The molecule has 1 saturated heterocycles. The van der Waals surface area contributed by atoms with Crippen LogP contribution in [0.2, 0.25) is 0 Å². The standard InChI is InChI=1S/C22H24FN3O2S/c1-2-28-18-9-10-19-20(12-18)29-22(25-19)26-11-3-4-16(14-26)21(27)24-13-15-5-7-17(23)8-6-15/h5-10,12,16H,2-4,11,13-14H2,1H3,(H,24,27)/t16-/m0/s1. The summed E-state index contributed by atoms with van der Waals surface area (Å²) in [5, 5.41) is 3.94. The Balaban J connectivity index is 1.40. The van der Waals surface area contributed by atoms with Crippen LogP contribution in [0.25, 0.3) is 10.2 Å². The van der Waals surface area contributed by atoms with E-state index in [1.807, 2.05) is 25.1 Å². The highest BCUT2D eigenvalue weighted by molar-refractivity contribution is 7.22. The number of aromatic nitrogens is 1. The quantitative estimate of drug-likeness (QED) is 0.652. The fourth-order valence-electron chi connectivity index (χ4n) is 3.59. The first-order valence-corrected chi connectivity index (χ1v) is 10.7. The van der Waals surface area contributed by atoms with E-state index in [1.165, 1.54) is 12.1 Å². The Morgan fingerprint density at radius 2 is 2.14 bits per heavy atom. The Kier molecular flexibility index (Phi) is 5.94. The van der Waals surface area contributed by atoms with Crippen molar-refractivity contribution in [3.8, 4) is 5.75 Å². The number of ether oxygens (including phenoxy) is 1. The Morgan fingerprint density at radius 3 is 2.93 bits per heavy atom. The number of carbonyl (C=O) groups excluding carboxylic acids is 1. The van der Waals surface area contributed by atoms with Gasteiger partial charge in [-0.15, -0.1) is 0 Å². The maximum atomic E-state index is 13.0. The number of benzene rings is 2. The largest absolute Gasteiger partial charge is 0.494 e. The van der Waals surface area contributed by atoms with Gasteiger partial charge in [0.2, 0.25) is 5.91 Å². The van der Waals surface area contributed by atoms with Gasteiger partial charge in [0.15, 0.2) is 5.13 Å². The molecule has 0 unspecified atom stereocenters. The van der Waals surface area contributed by atoms with E-state index >= 15 is 0 Å². The molecule has 1 aliphatic heterocycles. The van der Waals surface area contributed by atoms with Crippen LogP contribution >= 0.6 is 11.3 Å². The highest BCUT2D eigenvalue weighted by Crippen LogP contribution is 2.33. The Bertz CT molecular complexity index is 989. The summed E-state index contributed by atoms with van der Waals surface area (Å²) in [5.41, 5.74) is 1.85. The van der Waals surface area contributed by atoms with E-state index in [2.05, 4.69) is 10.2 Å². The summed E-state index contributed by atoms with van der Waals surface area (Å²) in [6.07, 6.45) is 1.82. The molecule has 3 aromatic rings. The van der Waals surface area contributed by atoms with Crippen molar-refractivity contribution < 1.29 is 13.9 Å². The van der Waals surface area contributed by atoms with E-state index < -0.39 is 0 Å². The van der Waals surface area contributed by atoms with Gasteiger partial charge >= 0.3 is 0 Å². The lowest BCUT2D eigenvalue weighted by Crippen LogP contribution is -2.42. The molecule has 2 aromatic carbocycles. The van der Waals surface area contributed by atoms with Crippen LogP contribution in [0.5, 0.6) is 5.75 Å². The van der Waals surface area contributed by atoms with Crippen LogP contribution in [-0.2, 0) is 11.3 Å². The third kappa shape index (κ3) is 4.67.